The minimum absolute atomic E-state index is 0.206. The lowest BCUT2D eigenvalue weighted by molar-refractivity contribution is 0.400. The maximum atomic E-state index is 5.64. The largest absolute Gasteiger partial charge is 0.420 e. The molecule has 1 aromatic carbocycles. The molecule has 1 atom stereocenters. The molecule has 0 saturated carbocycles. The molecule has 0 heterocycles. The molecule has 1 rings (SSSR count). The molecule has 0 aromatic heterocycles. The van der Waals surface area contributed by atoms with Crippen molar-refractivity contribution < 1.29 is 4.43 Å². The second-order valence-corrected chi connectivity index (χ2v) is 10.7. The predicted molar refractivity (Wildman–Crippen MR) is 86.7 cm³/mol. The van der Waals surface area contributed by atoms with Crippen LogP contribution in [0, 0.1) is 0 Å². The van der Waals surface area contributed by atoms with Gasteiger partial charge in [0.25, 0.3) is 0 Å². The number of hydrogen-bond donors (Lipinski definition) is 0. The Bertz CT molecular complexity index is 423. The highest BCUT2D eigenvalue weighted by Gasteiger charge is 2.25. The molecular weight excluding hydrogens is 250 g/mol. The predicted octanol–water partition coefficient (Wildman–Crippen LogP) is 4.58. The van der Waals surface area contributed by atoms with Crippen molar-refractivity contribution >= 4 is 15.0 Å². The van der Waals surface area contributed by atoms with Crippen molar-refractivity contribution in [2.75, 3.05) is 7.11 Å². The first-order valence-electron chi connectivity index (χ1n) is 6.85. The fourth-order valence-electron chi connectivity index (χ4n) is 2.25. The van der Waals surface area contributed by atoms with Crippen LogP contribution in [0.5, 0.6) is 0 Å². The van der Waals surface area contributed by atoms with Crippen LogP contribution in [-0.4, -0.2) is 22.1 Å². The Labute approximate surface area is 119 Å². The van der Waals surface area contributed by atoms with Crippen molar-refractivity contribution in [3.8, 4) is 0 Å². The zero-order valence-corrected chi connectivity index (χ0v) is 14.2. The van der Waals surface area contributed by atoms with E-state index in [9.17, 15) is 0 Å². The quantitative estimate of drug-likeness (QED) is 0.551. The summed E-state index contributed by atoms with van der Waals surface area (Å²) in [6.07, 6.45) is 0. The SMILES string of the molecule is C=NC(C)(C)c1ccc(C(C)C[Si](C)(C)OC)cc1. The van der Waals surface area contributed by atoms with Crippen LogP contribution in [0.25, 0.3) is 0 Å². The lowest BCUT2D eigenvalue weighted by Gasteiger charge is -2.25. The van der Waals surface area contributed by atoms with E-state index in [0.29, 0.717) is 5.92 Å². The van der Waals surface area contributed by atoms with Gasteiger partial charge < -0.3 is 4.43 Å². The van der Waals surface area contributed by atoms with Gasteiger partial charge in [0.2, 0.25) is 0 Å². The van der Waals surface area contributed by atoms with E-state index in [4.69, 9.17) is 4.43 Å². The lowest BCUT2D eigenvalue weighted by atomic mass is 9.92. The maximum absolute atomic E-state index is 5.64. The third-order valence-electron chi connectivity index (χ3n) is 3.93. The molecular formula is C16H27NOSi. The van der Waals surface area contributed by atoms with Gasteiger partial charge >= 0.3 is 0 Å². The standard InChI is InChI=1S/C16H27NOSi/c1-13(12-19(6,7)18-5)14-8-10-15(11-9-14)16(2,3)17-4/h8-11,13H,4,12H2,1-3,5-7H3. The Morgan fingerprint density at radius 3 is 2.21 bits per heavy atom. The van der Waals surface area contributed by atoms with Gasteiger partial charge in [-0.05, 0) is 56.7 Å². The molecule has 106 valence electrons. The van der Waals surface area contributed by atoms with Crippen molar-refractivity contribution in [1.82, 2.24) is 0 Å². The highest BCUT2D eigenvalue weighted by molar-refractivity contribution is 6.71. The van der Waals surface area contributed by atoms with E-state index in [1.54, 1.807) is 0 Å². The van der Waals surface area contributed by atoms with Crippen molar-refractivity contribution in [3.05, 3.63) is 35.4 Å². The number of benzene rings is 1. The molecule has 0 N–H and O–H groups in total. The summed E-state index contributed by atoms with van der Waals surface area (Å²) in [5.41, 5.74) is 2.38. The van der Waals surface area contributed by atoms with Crippen LogP contribution >= 0.6 is 0 Å². The summed E-state index contributed by atoms with van der Waals surface area (Å²) < 4.78 is 5.64. The summed E-state index contributed by atoms with van der Waals surface area (Å²) in [4.78, 5) is 4.17. The molecule has 3 heteroatoms. The van der Waals surface area contributed by atoms with E-state index in [-0.39, 0.29) is 5.54 Å². The van der Waals surface area contributed by atoms with Crippen molar-refractivity contribution in [2.24, 2.45) is 4.99 Å². The summed E-state index contributed by atoms with van der Waals surface area (Å²) in [5.74, 6) is 0.537. The van der Waals surface area contributed by atoms with Gasteiger partial charge in [0.15, 0.2) is 8.32 Å². The van der Waals surface area contributed by atoms with Gasteiger partial charge in [0, 0.05) is 7.11 Å². The van der Waals surface area contributed by atoms with E-state index in [0.717, 1.165) is 6.04 Å². The van der Waals surface area contributed by atoms with Crippen LogP contribution in [0.15, 0.2) is 29.3 Å². The lowest BCUT2D eigenvalue weighted by Crippen LogP contribution is -2.30. The summed E-state index contributed by atoms with van der Waals surface area (Å²) in [6.45, 7) is 14.6. The summed E-state index contributed by atoms with van der Waals surface area (Å²) in [7, 11) is 0.325. The molecule has 19 heavy (non-hydrogen) atoms. The number of rotatable bonds is 6. The summed E-state index contributed by atoms with van der Waals surface area (Å²) in [5, 5.41) is 0. The fraction of sp³-hybridized carbons (Fsp3) is 0.562. The molecule has 0 aliphatic carbocycles. The summed E-state index contributed by atoms with van der Waals surface area (Å²) in [6, 6.07) is 9.91. The van der Waals surface area contributed by atoms with Gasteiger partial charge in [-0.3, -0.25) is 4.99 Å². The first kappa shape index (κ1) is 16.1. The molecule has 0 fully saturated rings. The van der Waals surface area contributed by atoms with Crippen LogP contribution in [0.3, 0.4) is 0 Å². The second-order valence-electron chi connectivity index (χ2n) is 6.41. The van der Waals surface area contributed by atoms with E-state index in [1.165, 1.54) is 11.1 Å². The summed E-state index contributed by atoms with van der Waals surface area (Å²) >= 11 is 0. The Balaban J connectivity index is 2.85. The smallest absolute Gasteiger partial charge is 0.186 e. The highest BCUT2D eigenvalue weighted by atomic mass is 28.4. The van der Waals surface area contributed by atoms with Gasteiger partial charge in [0.05, 0.1) is 5.54 Å². The Morgan fingerprint density at radius 1 is 1.26 bits per heavy atom. The average Bonchev–Trinajstić information content (AvgIpc) is 2.38. The minimum Gasteiger partial charge on any atom is -0.420 e. The van der Waals surface area contributed by atoms with Gasteiger partial charge in [-0.2, -0.15) is 0 Å². The molecule has 2 nitrogen and oxygen atoms in total. The van der Waals surface area contributed by atoms with E-state index in [1.807, 2.05) is 7.11 Å². The Kier molecular flexibility index (Phi) is 5.10. The van der Waals surface area contributed by atoms with E-state index < -0.39 is 8.32 Å². The molecule has 0 saturated heterocycles. The normalized spacial score (nSPS) is 14.2. The van der Waals surface area contributed by atoms with Crippen molar-refractivity contribution in [3.63, 3.8) is 0 Å². The topological polar surface area (TPSA) is 21.6 Å². The second kappa shape index (κ2) is 6.01. The molecule has 0 bridgehead atoms. The molecule has 0 spiro atoms. The van der Waals surface area contributed by atoms with Crippen LogP contribution in [-0.2, 0) is 9.96 Å². The van der Waals surface area contributed by atoms with Crippen LogP contribution in [0.4, 0.5) is 0 Å². The number of hydrogen-bond acceptors (Lipinski definition) is 2. The molecule has 0 amide bonds. The van der Waals surface area contributed by atoms with Crippen LogP contribution in [0.2, 0.25) is 19.1 Å². The van der Waals surface area contributed by atoms with Crippen LogP contribution < -0.4 is 0 Å². The molecule has 0 aliphatic heterocycles. The molecule has 1 aromatic rings. The van der Waals surface area contributed by atoms with Gasteiger partial charge in [-0.25, -0.2) is 0 Å². The highest BCUT2D eigenvalue weighted by Crippen LogP contribution is 2.29. The van der Waals surface area contributed by atoms with E-state index in [2.05, 4.69) is 69.8 Å². The van der Waals surface area contributed by atoms with Gasteiger partial charge in [-0.15, -0.1) is 0 Å². The first-order valence-corrected chi connectivity index (χ1v) is 9.97. The third-order valence-corrected chi connectivity index (χ3v) is 6.63. The monoisotopic (exact) mass is 277 g/mol. The average molecular weight is 277 g/mol. The molecule has 0 aliphatic rings. The molecule has 0 radical (unpaired) electrons. The van der Waals surface area contributed by atoms with Gasteiger partial charge in [-0.1, -0.05) is 31.2 Å². The van der Waals surface area contributed by atoms with Gasteiger partial charge in [0.1, 0.15) is 0 Å². The van der Waals surface area contributed by atoms with Crippen molar-refractivity contribution in [1.29, 1.82) is 0 Å². The van der Waals surface area contributed by atoms with Crippen molar-refractivity contribution in [2.45, 2.75) is 51.4 Å². The maximum Gasteiger partial charge on any atom is 0.186 e. The first-order chi connectivity index (χ1) is 8.72. The number of aliphatic imine (C=N–C) groups is 1. The van der Waals surface area contributed by atoms with Crippen LogP contribution in [0.1, 0.15) is 37.8 Å². The fourth-order valence-corrected chi connectivity index (χ4v) is 4.13. The Hall–Kier alpha value is -0.933. The Morgan fingerprint density at radius 2 is 1.79 bits per heavy atom. The number of nitrogens with zero attached hydrogens (tertiary/aromatic N) is 1. The zero-order valence-electron chi connectivity index (χ0n) is 13.2. The third kappa shape index (κ3) is 4.29. The molecule has 1 unspecified atom stereocenters. The van der Waals surface area contributed by atoms with E-state index >= 15 is 0 Å². The minimum atomic E-state index is -1.51. The zero-order chi connectivity index (χ0) is 14.7.